The third-order valence-corrected chi connectivity index (χ3v) is 2.73. The van der Waals surface area contributed by atoms with Gasteiger partial charge >= 0.3 is 0 Å². The molecule has 0 aliphatic carbocycles. The zero-order valence-corrected chi connectivity index (χ0v) is 10.1. The van der Waals surface area contributed by atoms with E-state index in [2.05, 4.69) is 4.90 Å². The first-order valence-corrected chi connectivity index (χ1v) is 5.77. The summed E-state index contributed by atoms with van der Waals surface area (Å²) in [5.41, 5.74) is 0. The standard InChI is InChI=1S/C11H23NO4/c1-9(7-15-2)16-8-11(14)5-12-3-10(4-12)6-13/h9-11,13-14H,3-8H2,1-2H3. The topological polar surface area (TPSA) is 62.2 Å². The van der Waals surface area contributed by atoms with Crippen LogP contribution in [0.1, 0.15) is 6.92 Å². The van der Waals surface area contributed by atoms with Crippen molar-refractivity contribution >= 4 is 0 Å². The maximum absolute atomic E-state index is 9.69. The minimum atomic E-state index is -0.459. The summed E-state index contributed by atoms with van der Waals surface area (Å²) in [5, 5.41) is 18.5. The Kier molecular flexibility index (Phi) is 6.23. The number of ether oxygens (including phenoxy) is 2. The average Bonchev–Trinajstić information content (AvgIpc) is 2.20. The zero-order valence-electron chi connectivity index (χ0n) is 10.1. The van der Waals surface area contributed by atoms with E-state index in [1.807, 2.05) is 6.92 Å². The zero-order chi connectivity index (χ0) is 12.0. The van der Waals surface area contributed by atoms with E-state index < -0.39 is 6.10 Å². The first kappa shape index (κ1) is 13.9. The summed E-state index contributed by atoms with van der Waals surface area (Å²) >= 11 is 0. The van der Waals surface area contributed by atoms with Crippen LogP contribution in [0.5, 0.6) is 0 Å². The average molecular weight is 233 g/mol. The molecule has 5 nitrogen and oxygen atoms in total. The van der Waals surface area contributed by atoms with E-state index in [9.17, 15) is 5.11 Å². The van der Waals surface area contributed by atoms with Gasteiger partial charge < -0.3 is 19.7 Å². The highest BCUT2D eigenvalue weighted by molar-refractivity contribution is 4.80. The minimum Gasteiger partial charge on any atom is -0.396 e. The van der Waals surface area contributed by atoms with Crippen molar-refractivity contribution in [1.82, 2.24) is 4.90 Å². The summed E-state index contributed by atoms with van der Waals surface area (Å²) in [5.74, 6) is 0.389. The number of likely N-dealkylation sites (tertiary alicyclic amines) is 1. The van der Waals surface area contributed by atoms with Gasteiger partial charge in [-0.3, -0.25) is 4.90 Å². The van der Waals surface area contributed by atoms with Crippen molar-refractivity contribution in [2.75, 3.05) is 46.6 Å². The predicted molar refractivity (Wildman–Crippen MR) is 60.3 cm³/mol. The Bertz CT molecular complexity index is 185. The number of aliphatic hydroxyl groups excluding tert-OH is 2. The predicted octanol–water partition coefficient (Wildman–Crippen LogP) is -0.677. The van der Waals surface area contributed by atoms with Crippen LogP contribution in [-0.2, 0) is 9.47 Å². The summed E-state index contributed by atoms with van der Waals surface area (Å²) in [7, 11) is 1.63. The SMILES string of the molecule is COCC(C)OCC(O)CN1CC(CO)C1. The molecule has 2 atom stereocenters. The second-order valence-electron chi connectivity index (χ2n) is 4.52. The number of methoxy groups -OCH3 is 1. The van der Waals surface area contributed by atoms with Gasteiger partial charge in [0.15, 0.2) is 0 Å². The Balaban J connectivity index is 2.01. The third-order valence-electron chi connectivity index (χ3n) is 2.73. The molecule has 2 N–H and O–H groups in total. The first-order valence-electron chi connectivity index (χ1n) is 5.77. The van der Waals surface area contributed by atoms with E-state index in [1.54, 1.807) is 7.11 Å². The highest BCUT2D eigenvalue weighted by Gasteiger charge is 2.27. The first-order chi connectivity index (χ1) is 7.65. The van der Waals surface area contributed by atoms with Crippen molar-refractivity contribution in [2.45, 2.75) is 19.1 Å². The summed E-state index contributed by atoms with van der Waals surface area (Å²) in [6.07, 6.45) is -0.444. The maximum Gasteiger partial charge on any atom is 0.0900 e. The Morgan fingerprint density at radius 3 is 2.62 bits per heavy atom. The largest absolute Gasteiger partial charge is 0.396 e. The molecule has 96 valence electrons. The highest BCUT2D eigenvalue weighted by atomic mass is 16.5. The molecule has 2 unspecified atom stereocenters. The monoisotopic (exact) mass is 233 g/mol. The second kappa shape index (κ2) is 7.19. The lowest BCUT2D eigenvalue weighted by Crippen LogP contribution is -2.51. The van der Waals surface area contributed by atoms with Gasteiger partial charge in [0.05, 0.1) is 25.4 Å². The number of aliphatic hydroxyl groups is 2. The molecule has 0 spiro atoms. The summed E-state index contributed by atoms with van der Waals surface area (Å²) in [6.45, 7) is 5.42. The molecule has 0 aromatic carbocycles. The van der Waals surface area contributed by atoms with Crippen LogP contribution >= 0.6 is 0 Å². The summed E-state index contributed by atoms with van der Waals surface area (Å²) < 4.78 is 10.3. The fraction of sp³-hybridized carbons (Fsp3) is 1.00. The lowest BCUT2D eigenvalue weighted by atomic mass is 10.0. The maximum atomic E-state index is 9.69. The van der Waals surface area contributed by atoms with Gasteiger partial charge in [0.1, 0.15) is 0 Å². The van der Waals surface area contributed by atoms with Crippen molar-refractivity contribution in [3.05, 3.63) is 0 Å². The van der Waals surface area contributed by atoms with Gasteiger partial charge in [0, 0.05) is 39.3 Å². The van der Waals surface area contributed by atoms with E-state index in [0.29, 0.717) is 25.7 Å². The molecule has 0 bridgehead atoms. The quantitative estimate of drug-likeness (QED) is 0.582. The Morgan fingerprint density at radius 1 is 1.38 bits per heavy atom. The molecule has 0 amide bonds. The molecular formula is C11H23NO4. The molecule has 0 aromatic rings. The number of hydrogen-bond donors (Lipinski definition) is 2. The van der Waals surface area contributed by atoms with E-state index in [4.69, 9.17) is 14.6 Å². The van der Waals surface area contributed by atoms with Gasteiger partial charge in [-0.2, -0.15) is 0 Å². The van der Waals surface area contributed by atoms with E-state index in [-0.39, 0.29) is 12.7 Å². The minimum absolute atomic E-state index is 0.0150. The van der Waals surface area contributed by atoms with Crippen LogP contribution in [-0.4, -0.2) is 73.9 Å². The van der Waals surface area contributed by atoms with Crippen LogP contribution in [0.3, 0.4) is 0 Å². The number of β-amino-alcohol motifs (C(OH)–C–C–N with tert-alkyl or cyclic N) is 1. The molecule has 1 saturated heterocycles. The van der Waals surface area contributed by atoms with Crippen LogP contribution in [0.2, 0.25) is 0 Å². The van der Waals surface area contributed by atoms with Crippen LogP contribution in [0.25, 0.3) is 0 Å². The molecule has 0 radical (unpaired) electrons. The molecule has 0 aromatic heterocycles. The molecule has 1 rings (SSSR count). The highest BCUT2D eigenvalue weighted by Crippen LogP contribution is 2.14. The molecular weight excluding hydrogens is 210 g/mol. The van der Waals surface area contributed by atoms with Gasteiger partial charge in [0.2, 0.25) is 0 Å². The van der Waals surface area contributed by atoms with Gasteiger partial charge in [0.25, 0.3) is 0 Å². The lowest BCUT2D eigenvalue weighted by molar-refractivity contribution is -0.0531. The number of hydrogen-bond acceptors (Lipinski definition) is 5. The summed E-state index contributed by atoms with van der Waals surface area (Å²) in [6, 6.07) is 0. The van der Waals surface area contributed by atoms with Crippen LogP contribution < -0.4 is 0 Å². The van der Waals surface area contributed by atoms with Crippen molar-refractivity contribution < 1.29 is 19.7 Å². The van der Waals surface area contributed by atoms with Crippen LogP contribution in [0.4, 0.5) is 0 Å². The van der Waals surface area contributed by atoms with Gasteiger partial charge in [-0.05, 0) is 6.92 Å². The molecule has 1 fully saturated rings. The van der Waals surface area contributed by atoms with E-state index >= 15 is 0 Å². The lowest BCUT2D eigenvalue weighted by Gasteiger charge is -2.39. The van der Waals surface area contributed by atoms with Crippen LogP contribution in [0.15, 0.2) is 0 Å². The molecule has 1 aliphatic rings. The van der Waals surface area contributed by atoms with Gasteiger partial charge in [-0.15, -0.1) is 0 Å². The van der Waals surface area contributed by atoms with Crippen molar-refractivity contribution in [2.24, 2.45) is 5.92 Å². The molecule has 1 heterocycles. The number of rotatable bonds is 8. The molecule has 0 saturated carbocycles. The van der Waals surface area contributed by atoms with E-state index in [0.717, 1.165) is 13.1 Å². The van der Waals surface area contributed by atoms with Gasteiger partial charge in [-0.1, -0.05) is 0 Å². The van der Waals surface area contributed by atoms with Gasteiger partial charge in [-0.25, -0.2) is 0 Å². The van der Waals surface area contributed by atoms with Crippen molar-refractivity contribution in [3.8, 4) is 0 Å². The second-order valence-corrected chi connectivity index (χ2v) is 4.52. The van der Waals surface area contributed by atoms with Crippen molar-refractivity contribution in [1.29, 1.82) is 0 Å². The molecule has 16 heavy (non-hydrogen) atoms. The third kappa shape index (κ3) is 4.76. The van der Waals surface area contributed by atoms with Crippen molar-refractivity contribution in [3.63, 3.8) is 0 Å². The molecule has 5 heteroatoms. The Morgan fingerprint density at radius 2 is 2.06 bits per heavy atom. The number of nitrogens with zero attached hydrogens (tertiary/aromatic N) is 1. The fourth-order valence-corrected chi connectivity index (χ4v) is 1.85. The Hall–Kier alpha value is -0.200. The summed E-state index contributed by atoms with van der Waals surface area (Å²) in [4.78, 5) is 2.12. The molecule has 1 aliphatic heterocycles. The van der Waals surface area contributed by atoms with E-state index in [1.165, 1.54) is 0 Å². The Labute approximate surface area is 97.0 Å². The smallest absolute Gasteiger partial charge is 0.0900 e. The normalized spacial score (nSPS) is 21.8. The fourth-order valence-electron chi connectivity index (χ4n) is 1.85. The van der Waals surface area contributed by atoms with Crippen LogP contribution in [0, 0.1) is 5.92 Å².